The largest absolute Gasteiger partial charge is 0.342 e. The van der Waals surface area contributed by atoms with Crippen LogP contribution in [0.2, 0.25) is 0 Å². The standard InChI is InChI=1S/C12H22ClN3O2/c1-5-7-14(4)8-6-9-15-10(17)12(2,3)16(13)11(15)18/h5-9H2,1-4H3. The maximum absolute atomic E-state index is 12.0. The molecule has 1 aliphatic rings. The van der Waals surface area contributed by atoms with E-state index in [0.717, 1.165) is 30.4 Å². The summed E-state index contributed by atoms with van der Waals surface area (Å²) in [5.41, 5.74) is -0.937. The van der Waals surface area contributed by atoms with Crippen LogP contribution >= 0.6 is 11.8 Å². The van der Waals surface area contributed by atoms with Gasteiger partial charge >= 0.3 is 6.03 Å². The Bertz CT molecular complexity index is 333. The van der Waals surface area contributed by atoms with E-state index in [-0.39, 0.29) is 5.91 Å². The van der Waals surface area contributed by atoms with E-state index in [1.165, 1.54) is 4.90 Å². The van der Waals surface area contributed by atoms with Gasteiger partial charge in [0.1, 0.15) is 5.54 Å². The number of hydrogen-bond acceptors (Lipinski definition) is 3. The predicted molar refractivity (Wildman–Crippen MR) is 71.3 cm³/mol. The number of amides is 3. The lowest BCUT2D eigenvalue weighted by atomic mass is 10.1. The lowest BCUT2D eigenvalue weighted by Crippen LogP contribution is -2.39. The Morgan fingerprint density at radius 2 is 1.89 bits per heavy atom. The molecule has 0 aromatic heterocycles. The van der Waals surface area contributed by atoms with Crippen molar-refractivity contribution >= 4 is 23.7 Å². The first-order valence-corrected chi connectivity index (χ1v) is 6.66. The maximum atomic E-state index is 12.0. The molecule has 0 unspecified atom stereocenters. The quantitative estimate of drug-likeness (QED) is 0.549. The van der Waals surface area contributed by atoms with Crippen LogP contribution in [-0.2, 0) is 4.79 Å². The molecular weight excluding hydrogens is 254 g/mol. The van der Waals surface area contributed by atoms with E-state index in [1.54, 1.807) is 13.8 Å². The van der Waals surface area contributed by atoms with Crippen LogP contribution in [-0.4, -0.2) is 58.4 Å². The van der Waals surface area contributed by atoms with Gasteiger partial charge in [-0.3, -0.25) is 9.69 Å². The van der Waals surface area contributed by atoms with Crippen molar-refractivity contribution in [3.63, 3.8) is 0 Å². The molecule has 0 aromatic carbocycles. The molecule has 0 atom stereocenters. The van der Waals surface area contributed by atoms with Crippen LogP contribution in [0, 0.1) is 0 Å². The smallest absolute Gasteiger partial charge is 0.306 e. The zero-order valence-electron chi connectivity index (χ0n) is 11.6. The van der Waals surface area contributed by atoms with Crippen molar-refractivity contribution in [1.82, 2.24) is 14.2 Å². The summed E-state index contributed by atoms with van der Waals surface area (Å²) >= 11 is 5.85. The van der Waals surface area contributed by atoms with Crippen molar-refractivity contribution in [3.8, 4) is 0 Å². The first-order chi connectivity index (χ1) is 8.32. The first kappa shape index (κ1) is 15.2. The zero-order valence-corrected chi connectivity index (χ0v) is 12.3. The molecule has 1 rings (SSSR count). The SMILES string of the molecule is CCCN(C)CCCN1C(=O)N(Cl)C(C)(C)C1=O. The van der Waals surface area contributed by atoms with Crippen molar-refractivity contribution in [2.24, 2.45) is 0 Å². The van der Waals surface area contributed by atoms with E-state index < -0.39 is 11.6 Å². The van der Waals surface area contributed by atoms with Gasteiger partial charge in [0, 0.05) is 18.3 Å². The monoisotopic (exact) mass is 275 g/mol. The number of rotatable bonds is 6. The van der Waals surface area contributed by atoms with E-state index in [2.05, 4.69) is 11.8 Å². The average molecular weight is 276 g/mol. The molecule has 3 amide bonds. The molecule has 0 radical (unpaired) electrons. The second kappa shape index (κ2) is 5.89. The Balaban J connectivity index is 2.49. The highest BCUT2D eigenvalue weighted by Crippen LogP contribution is 2.29. The number of hydrogen-bond donors (Lipinski definition) is 0. The van der Waals surface area contributed by atoms with Gasteiger partial charge < -0.3 is 4.90 Å². The summed E-state index contributed by atoms with van der Waals surface area (Å²) < 4.78 is 0.991. The van der Waals surface area contributed by atoms with Gasteiger partial charge in [-0.1, -0.05) is 6.92 Å². The van der Waals surface area contributed by atoms with Crippen LogP contribution in [0.5, 0.6) is 0 Å². The Morgan fingerprint density at radius 1 is 1.28 bits per heavy atom. The van der Waals surface area contributed by atoms with E-state index in [9.17, 15) is 9.59 Å². The highest BCUT2D eigenvalue weighted by Gasteiger charge is 2.50. The highest BCUT2D eigenvalue weighted by molar-refractivity contribution is 6.27. The van der Waals surface area contributed by atoms with Crippen molar-refractivity contribution in [3.05, 3.63) is 0 Å². The van der Waals surface area contributed by atoms with Crippen LogP contribution in [0.4, 0.5) is 4.79 Å². The lowest BCUT2D eigenvalue weighted by molar-refractivity contribution is -0.131. The molecule has 0 spiro atoms. The summed E-state index contributed by atoms with van der Waals surface area (Å²) in [7, 11) is 2.04. The molecule has 0 N–H and O–H groups in total. The van der Waals surface area contributed by atoms with Crippen molar-refractivity contribution in [2.45, 2.75) is 39.2 Å². The number of halogens is 1. The third-order valence-corrected chi connectivity index (χ3v) is 3.75. The minimum atomic E-state index is -0.937. The van der Waals surface area contributed by atoms with Gasteiger partial charge in [0.25, 0.3) is 5.91 Å². The Kier molecular flexibility index (Phi) is 4.99. The molecule has 18 heavy (non-hydrogen) atoms. The number of imide groups is 1. The van der Waals surface area contributed by atoms with Gasteiger partial charge in [-0.15, -0.1) is 0 Å². The summed E-state index contributed by atoms with van der Waals surface area (Å²) in [4.78, 5) is 27.3. The molecule has 1 saturated heterocycles. The third kappa shape index (κ3) is 2.95. The first-order valence-electron chi connectivity index (χ1n) is 6.32. The van der Waals surface area contributed by atoms with Crippen LogP contribution < -0.4 is 0 Å². The van der Waals surface area contributed by atoms with Gasteiger partial charge in [-0.25, -0.2) is 9.21 Å². The number of nitrogens with zero attached hydrogens (tertiary/aromatic N) is 3. The minimum absolute atomic E-state index is 0.222. The average Bonchev–Trinajstić information content (AvgIpc) is 2.44. The molecule has 6 heteroatoms. The van der Waals surface area contributed by atoms with Gasteiger partial charge in [-0.2, -0.15) is 0 Å². The summed E-state index contributed by atoms with van der Waals surface area (Å²) in [5.74, 6) is -0.222. The Hall–Kier alpha value is -0.810. The number of urea groups is 1. The second-order valence-electron chi connectivity index (χ2n) is 5.24. The molecule has 0 bridgehead atoms. The highest BCUT2D eigenvalue weighted by atomic mass is 35.5. The number of carbonyl (C=O) groups excluding carboxylic acids is 2. The van der Waals surface area contributed by atoms with Crippen molar-refractivity contribution in [2.75, 3.05) is 26.7 Å². The molecule has 1 fully saturated rings. The molecule has 0 aromatic rings. The summed E-state index contributed by atoms with van der Waals surface area (Å²) in [5, 5.41) is 0. The van der Waals surface area contributed by atoms with Gasteiger partial charge in [0.05, 0.1) is 0 Å². The van der Waals surface area contributed by atoms with Crippen LogP contribution in [0.3, 0.4) is 0 Å². The molecule has 0 aliphatic carbocycles. The maximum Gasteiger partial charge on any atom is 0.342 e. The van der Waals surface area contributed by atoms with E-state index in [0.29, 0.717) is 6.54 Å². The number of carbonyl (C=O) groups is 2. The molecule has 0 saturated carbocycles. The lowest BCUT2D eigenvalue weighted by Gasteiger charge is -2.19. The fourth-order valence-electron chi connectivity index (χ4n) is 2.04. The van der Waals surface area contributed by atoms with Crippen LogP contribution in [0.25, 0.3) is 0 Å². The minimum Gasteiger partial charge on any atom is -0.306 e. The van der Waals surface area contributed by atoms with Crippen LogP contribution in [0.15, 0.2) is 0 Å². The van der Waals surface area contributed by atoms with Crippen molar-refractivity contribution in [1.29, 1.82) is 0 Å². The molecule has 104 valence electrons. The predicted octanol–water partition coefficient (Wildman–Crippen LogP) is 1.91. The van der Waals surface area contributed by atoms with Gasteiger partial charge in [-0.05, 0) is 46.8 Å². The van der Waals surface area contributed by atoms with E-state index >= 15 is 0 Å². The fourth-order valence-corrected chi connectivity index (χ4v) is 2.20. The molecular formula is C12H22ClN3O2. The Morgan fingerprint density at radius 3 is 2.33 bits per heavy atom. The summed E-state index contributed by atoms with van der Waals surface area (Å²) in [6, 6.07) is -0.412. The van der Waals surface area contributed by atoms with Crippen LogP contribution in [0.1, 0.15) is 33.6 Å². The van der Waals surface area contributed by atoms with Gasteiger partial charge in [0.2, 0.25) is 0 Å². The molecule has 5 nitrogen and oxygen atoms in total. The van der Waals surface area contributed by atoms with Crippen molar-refractivity contribution < 1.29 is 9.59 Å². The van der Waals surface area contributed by atoms with E-state index in [1.807, 2.05) is 7.05 Å². The summed E-state index contributed by atoms with van der Waals surface area (Å²) in [6.45, 7) is 7.76. The molecule has 1 aliphatic heterocycles. The zero-order chi connectivity index (χ0) is 13.9. The third-order valence-electron chi connectivity index (χ3n) is 3.19. The second-order valence-corrected chi connectivity index (χ2v) is 5.57. The van der Waals surface area contributed by atoms with E-state index in [4.69, 9.17) is 11.8 Å². The molecule has 1 heterocycles. The fraction of sp³-hybridized carbons (Fsp3) is 0.833. The normalized spacial score (nSPS) is 19.2. The topological polar surface area (TPSA) is 43.9 Å². The summed E-state index contributed by atoms with van der Waals surface area (Å²) in [6.07, 6.45) is 1.87. The van der Waals surface area contributed by atoms with Gasteiger partial charge in [0.15, 0.2) is 0 Å². The Labute approximate surface area is 114 Å².